The zero-order valence-corrected chi connectivity index (χ0v) is 19.3. The molecule has 0 atom stereocenters. The second kappa shape index (κ2) is 10.7. The normalized spacial score (nSPS) is 10.7. The molecule has 2 aromatic carbocycles. The lowest BCUT2D eigenvalue weighted by atomic mass is 10.1. The van der Waals surface area contributed by atoms with Crippen LogP contribution in [0.25, 0.3) is 0 Å². The highest BCUT2D eigenvalue weighted by atomic mass is 35.5. The van der Waals surface area contributed by atoms with Crippen molar-refractivity contribution in [2.75, 3.05) is 11.1 Å². The predicted molar refractivity (Wildman–Crippen MR) is 124 cm³/mol. The molecule has 2 N–H and O–H groups in total. The molecule has 1 aromatic heterocycles. The Morgan fingerprint density at radius 2 is 1.94 bits per heavy atom. The number of hydrogen-bond donors (Lipinski definition) is 2. The van der Waals surface area contributed by atoms with Crippen LogP contribution in [0.15, 0.2) is 47.6 Å². The summed E-state index contributed by atoms with van der Waals surface area (Å²) in [5.74, 6) is 0.316. The number of halogens is 2. The standard InChI is InChI=1S/C21H21Cl2N5O2S/c1-3-28-18(11-24-20(30)14-6-4-5-13(2)9-14)26-27-21(28)31-12-19(29)25-17-10-15(22)7-8-16(17)23/h4-10H,3,11-12H2,1-2H3,(H,24,30)(H,25,29). The summed E-state index contributed by atoms with van der Waals surface area (Å²) in [5.41, 5.74) is 2.06. The number of carbonyl (C=O) groups is 2. The molecule has 1 heterocycles. The molecule has 31 heavy (non-hydrogen) atoms. The van der Waals surface area contributed by atoms with E-state index in [2.05, 4.69) is 20.8 Å². The smallest absolute Gasteiger partial charge is 0.251 e. The molecule has 0 spiro atoms. The number of anilines is 1. The van der Waals surface area contributed by atoms with E-state index in [9.17, 15) is 9.59 Å². The van der Waals surface area contributed by atoms with E-state index in [-0.39, 0.29) is 24.1 Å². The number of amides is 2. The van der Waals surface area contributed by atoms with Crippen molar-refractivity contribution in [1.29, 1.82) is 0 Å². The largest absolute Gasteiger partial charge is 0.345 e. The van der Waals surface area contributed by atoms with Crippen LogP contribution < -0.4 is 10.6 Å². The van der Waals surface area contributed by atoms with Gasteiger partial charge in [-0.15, -0.1) is 10.2 Å². The van der Waals surface area contributed by atoms with E-state index in [0.717, 1.165) is 5.56 Å². The van der Waals surface area contributed by atoms with E-state index in [0.29, 0.717) is 38.8 Å². The minimum absolute atomic E-state index is 0.122. The molecular formula is C21H21Cl2N5O2S. The number of benzene rings is 2. The Bertz CT molecular complexity index is 1100. The average Bonchev–Trinajstić information content (AvgIpc) is 3.15. The van der Waals surface area contributed by atoms with E-state index >= 15 is 0 Å². The summed E-state index contributed by atoms with van der Waals surface area (Å²) in [6.45, 7) is 4.72. The van der Waals surface area contributed by atoms with Crippen molar-refractivity contribution in [3.63, 3.8) is 0 Å². The minimum atomic E-state index is -0.242. The molecule has 0 saturated carbocycles. The number of nitrogens with one attached hydrogen (secondary N) is 2. The second-order valence-electron chi connectivity index (χ2n) is 6.66. The van der Waals surface area contributed by atoms with Gasteiger partial charge in [-0.1, -0.05) is 52.7 Å². The van der Waals surface area contributed by atoms with E-state index in [1.54, 1.807) is 24.3 Å². The Balaban J connectivity index is 1.58. The van der Waals surface area contributed by atoms with Gasteiger partial charge in [-0.3, -0.25) is 9.59 Å². The molecule has 0 fully saturated rings. The number of aromatic nitrogens is 3. The van der Waals surface area contributed by atoms with E-state index in [4.69, 9.17) is 23.2 Å². The van der Waals surface area contributed by atoms with Crippen molar-refractivity contribution in [2.45, 2.75) is 32.1 Å². The molecule has 0 aliphatic carbocycles. The predicted octanol–water partition coefficient (Wildman–Crippen LogP) is 4.57. The van der Waals surface area contributed by atoms with Gasteiger partial charge in [-0.05, 0) is 44.2 Å². The average molecular weight is 478 g/mol. The summed E-state index contributed by atoms with van der Waals surface area (Å²) in [6.07, 6.45) is 0. The maximum atomic E-state index is 12.4. The van der Waals surface area contributed by atoms with Crippen LogP contribution in [0, 0.1) is 6.92 Å². The van der Waals surface area contributed by atoms with Crippen LogP contribution in [-0.4, -0.2) is 32.3 Å². The first-order valence-corrected chi connectivity index (χ1v) is 11.3. The molecule has 2 amide bonds. The summed E-state index contributed by atoms with van der Waals surface area (Å²) in [6, 6.07) is 12.2. The van der Waals surface area contributed by atoms with Gasteiger partial charge in [-0.2, -0.15) is 0 Å². The van der Waals surface area contributed by atoms with Gasteiger partial charge in [0.1, 0.15) is 0 Å². The molecule has 0 unspecified atom stereocenters. The lowest BCUT2D eigenvalue weighted by Gasteiger charge is -2.09. The topological polar surface area (TPSA) is 88.9 Å². The quantitative estimate of drug-likeness (QED) is 0.463. The Hall–Kier alpha value is -2.55. The fraction of sp³-hybridized carbons (Fsp3) is 0.238. The fourth-order valence-electron chi connectivity index (χ4n) is 2.83. The van der Waals surface area contributed by atoms with Crippen molar-refractivity contribution in [3.05, 3.63) is 69.5 Å². The number of thioether (sulfide) groups is 1. The highest BCUT2D eigenvalue weighted by Crippen LogP contribution is 2.26. The number of hydrogen-bond acceptors (Lipinski definition) is 5. The van der Waals surface area contributed by atoms with Crippen LogP contribution >= 0.6 is 35.0 Å². The molecule has 10 heteroatoms. The molecule has 0 bridgehead atoms. The van der Waals surface area contributed by atoms with Crippen LogP contribution in [0.1, 0.15) is 28.7 Å². The summed E-state index contributed by atoms with van der Waals surface area (Å²) in [4.78, 5) is 24.7. The SMILES string of the molecule is CCn1c(CNC(=O)c2cccc(C)c2)nnc1SCC(=O)Nc1cc(Cl)ccc1Cl. The highest BCUT2D eigenvalue weighted by molar-refractivity contribution is 7.99. The number of rotatable bonds is 8. The van der Waals surface area contributed by atoms with Gasteiger partial charge in [0.15, 0.2) is 11.0 Å². The first kappa shape index (κ1) is 23.1. The van der Waals surface area contributed by atoms with Gasteiger partial charge in [0, 0.05) is 17.1 Å². The molecule has 7 nitrogen and oxygen atoms in total. The van der Waals surface area contributed by atoms with Crippen molar-refractivity contribution in [3.8, 4) is 0 Å². The zero-order chi connectivity index (χ0) is 22.4. The van der Waals surface area contributed by atoms with E-state index in [1.807, 2.05) is 36.6 Å². The number of aryl methyl sites for hydroxylation is 1. The zero-order valence-electron chi connectivity index (χ0n) is 17.0. The summed E-state index contributed by atoms with van der Waals surface area (Å²) >= 11 is 13.3. The minimum Gasteiger partial charge on any atom is -0.345 e. The number of carbonyl (C=O) groups excluding carboxylic acids is 2. The molecule has 0 aliphatic heterocycles. The van der Waals surface area contributed by atoms with Crippen molar-refractivity contribution >= 4 is 52.5 Å². The summed E-state index contributed by atoms with van der Waals surface area (Å²) < 4.78 is 1.86. The van der Waals surface area contributed by atoms with Crippen molar-refractivity contribution in [2.24, 2.45) is 0 Å². The molecule has 3 aromatic rings. The van der Waals surface area contributed by atoms with Crippen LogP contribution in [0.4, 0.5) is 5.69 Å². The highest BCUT2D eigenvalue weighted by Gasteiger charge is 2.15. The van der Waals surface area contributed by atoms with Crippen LogP contribution in [0.2, 0.25) is 10.0 Å². The third-order valence-electron chi connectivity index (χ3n) is 4.33. The van der Waals surface area contributed by atoms with Gasteiger partial charge >= 0.3 is 0 Å². The molecule has 162 valence electrons. The van der Waals surface area contributed by atoms with Crippen LogP contribution in [0.3, 0.4) is 0 Å². The Kier molecular flexibility index (Phi) is 7.95. The molecule has 0 radical (unpaired) electrons. The first-order valence-electron chi connectivity index (χ1n) is 9.52. The lowest BCUT2D eigenvalue weighted by Crippen LogP contribution is -2.25. The van der Waals surface area contributed by atoms with Gasteiger partial charge in [0.05, 0.1) is 23.0 Å². The maximum absolute atomic E-state index is 12.4. The monoisotopic (exact) mass is 477 g/mol. The summed E-state index contributed by atoms with van der Waals surface area (Å²) in [5, 5.41) is 15.4. The first-order chi connectivity index (χ1) is 14.9. The Morgan fingerprint density at radius 1 is 1.13 bits per heavy atom. The van der Waals surface area contributed by atoms with Crippen LogP contribution in [-0.2, 0) is 17.9 Å². The summed E-state index contributed by atoms with van der Waals surface area (Å²) in [7, 11) is 0. The molecule has 0 saturated heterocycles. The van der Waals surface area contributed by atoms with Gasteiger partial charge in [0.2, 0.25) is 5.91 Å². The third-order valence-corrected chi connectivity index (χ3v) is 5.86. The molecule has 0 aliphatic rings. The van der Waals surface area contributed by atoms with E-state index in [1.165, 1.54) is 11.8 Å². The van der Waals surface area contributed by atoms with Crippen LogP contribution in [0.5, 0.6) is 0 Å². The second-order valence-corrected chi connectivity index (χ2v) is 8.44. The molecule has 3 rings (SSSR count). The van der Waals surface area contributed by atoms with Crippen molar-refractivity contribution < 1.29 is 9.59 Å². The van der Waals surface area contributed by atoms with Gasteiger partial charge < -0.3 is 15.2 Å². The fourth-order valence-corrected chi connectivity index (χ4v) is 3.99. The number of nitrogens with zero attached hydrogens (tertiary/aromatic N) is 3. The lowest BCUT2D eigenvalue weighted by molar-refractivity contribution is -0.113. The molecular weight excluding hydrogens is 457 g/mol. The van der Waals surface area contributed by atoms with Crippen molar-refractivity contribution in [1.82, 2.24) is 20.1 Å². The third kappa shape index (κ3) is 6.22. The van der Waals surface area contributed by atoms with E-state index < -0.39 is 0 Å². The van der Waals surface area contributed by atoms with Gasteiger partial charge in [0.25, 0.3) is 5.91 Å². The van der Waals surface area contributed by atoms with Gasteiger partial charge in [-0.25, -0.2) is 0 Å². The Morgan fingerprint density at radius 3 is 2.68 bits per heavy atom. The maximum Gasteiger partial charge on any atom is 0.251 e. The Labute approximate surface area is 194 Å².